The van der Waals surface area contributed by atoms with Crippen LogP contribution in [0.5, 0.6) is 0 Å². The van der Waals surface area contributed by atoms with Crippen LogP contribution in [0.4, 0.5) is 0 Å². The third-order valence-corrected chi connectivity index (χ3v) is 4.30. The zero-order valence-corrected chi connectivity index (χ0v) is 13.7. The third-order valence-electron chi connectivity index (χ3n) is 3.56. The standard InChI is InChI=1S/C18H11Cl2NO3/c19-13-7-6-11(8-14(13)20)15-9-12(10-4-2-1-3-5-10)16(18(23)24)17(22)21-15/h1-9H,(H,21,22)(H,23,24). The van der Waals surface area contributed by atoms with E-state index in [1.54, 1.807) is 48.5 Å². The van der Waals surface area contributed by atoms with E-state index >= 15 is 0 Å². The van der Waals surface area contributed by atoms with E-state index in [-0.39, 0.29) is 5.56 Å². The highest BCUT2D eigenvalue weighted by molar-refractivity contribution is 6.42. The summed E-state index contributed by atoms with van der Waals surface area (Å²) in [6.07, 6.45) is 0. The third kappa shape index (κ3) is 3.07. The summed E-state index contributed by atoms with van der Waals surface area (Å²) in [5, 5.41) is 10.1. The Bertz CT molecular complexity index is 981. The molecule has 120 valence electrons. The maximum Gasteiger partial charge on any atom is 0.341 e. The van der Waals surface area contributed by atoms with E-state index in [4.69, 9.17) is 23.2 Å². The van der Waals surface area contributed by atoms with E-state index < -0.39 is 11.5 Å². The largest absolute Gasteiger partial charge is 0.477 e. The predicted octanol–water partition coefficient (Wildman–Crippen LogP) is 4.71. The summed E-state index contributed by atoms with van der Waals surface area (Å²) in [6.45, 7) is 0. The minimum Gasteiger partial charge on any atom is -0.477 e. The lowest BCUT2D eigenvalue weighted by molar-refractivity contribution is 0.0696. The van der Waals surface area contributed by atoms with Crippen molar-refractivity contribution in [3.8, 4) is 22.4 Å². The van der Waals surface area contributed by atoms with Crippen molar-refractivity contribution >= 4 is 29.2 Å². The van der Waals surface area contributed by atoms with Crippen LogP contribution in [0.1, 0.15) is 10.4 Å². The molecule has 0 saturated carbocycles. The number of rotatable bonds is 3. The molecule has 0 bridgehead atoms. The van der Waals surface area contributed by atoms with E-state index in [2.05, 4.69) is 4.98 Å². The van der Waals surface area contributed by atoms with Crippen molar-refractivity contribution < 1.29 is 9.90 Å². The van der Waals surface area contributed by atoms with E-state index in [0.717, 1.165) is 0 Å². The van der Waals surface area contributed by atoms with Gasteiger partial charge in [0, 0.05) is 11.3 Å². The second-order valence-electron chi connectivity index (χ2n) is 5.10. The molecule has 2 N–H and O–H groups in total. The average molecular weight is 360 g/mol. The van der Waals surface area contributed by atoms with Crippen LogP contribution in [0.25, 0.3) is 22.4 Å². The number of pyridine rings is 1. The normalized spacial score (nSPS) is 10.6. The Hall–Kier alpha value is -2.56. The van der Waals surface area contributed by atoms with Gasteiger partial charge in [0.15, 0.2) is 0 Å². The molecule has 0 fully saturated rings. The van der Waals surface area contributed by atoms with Crippen LogP contribution in [-0.4, -0.2) is 16.1 Å². The van der Waals surface area contributed by atoms with E-state index in [1.807, 2.05) is 6.07 Å². The first kappa shape index (κ1) is 16.3. The molecular weight excluding hydrogens is 349 g/mol. The van der Waals surface area contributed by atoms with Gasteiger partial charge in [-0.05, 0) is 29.3 Å². The zero-order valence-electron chi connectivity index (χ0n) is 12.2. The molecule has 4 nitrogen and oxygen atoms in total. The van der Waals surface area contributed by atoms with E-state index in [0.29, 0.717) is 32.4 Å². The summed E-state index contributed by atoms with van der Waals surface area (Å²) in [7, 11) is 0. The molecule has 0 amide bonds. The molecule has 0 unspecified atom stereocenters. The number of hydrogen-bond donors (Lipinski definition) is 2. The highest BCUT2D eigenvalue weighted by Gasteiger charge is 2.18. The number of aromatic amines is 1. The summed E-state index contributed by atoms with van der Waals surface area (Å²) >= 11 is 11.9. The lowest BCUT2D eigenvalue weighted by Gasteiger charge is -2.10. The quantitative estimate of drug-likeness (QED) is 0.710. The number of aromatic carboxylic acids is 1. The topological polar surface area (TPSA) is 70.2 Å². The molecule has 3 rings (SSSR count). The molecule has 0 saturated heterocycles. The molecule has 0 aliphatic heterocycles. The van der Waals surface area contributed by atoms with Gasteiger partial charge in [-0.25, -0.2) is 4.79 Å². The monoisotopic (exact) mass is 359 g/mol. The highest BCUT2D eigenvalue weighted by atomic mass is 35.5. The van der Waals surface area contributed by atoms with Crippen LogP contribution in [0.2, 0.25) is 10.0 Å². The number of aromatic nitrogens is 1. The average Bonchev–Trinajstić information content (AvgIpc) is 2.57. The van der Waals surface area contributed by atoms with Gasteiger partial charge in [-0.3, -0.25) is 4.79 Å². The van der Waals surface area contributed by atoms with E-state index in [1.165, 1.54) is 0 Å². The number of nitrogens with one attached hydrogen (secondary N) is 1. The van der Waals surface area contributed by atoms with Crippen LogP contribution in [0, 0.1) is 0 Å². The maximum absolute atomic E-state index is 12.3. The Labute approximate surface area is 147 Å². The van der Waals surface area contributed by atoms with Crippen molar-refractivity contribution in [2.45, 2.75) is 0 Å². The molecule has 0 spiro atoms. The Kier molecular flexibility index (Phi) is 4.42. The predicted molar refractivity (Wildman–Crippen MR) is 94.9 cm³/mol. The minimum absolute atomic E-state index is 0.301. The fourth-order valence-electron chi connectivity index (χ4n) is 2.44. The summed E-state index contributed by atoms with van der Waals surface area (Å²) in [4.78, 5) is 26.4. The van der Waals surface area contributed by atoms with Gasteiger partial charge in [-0.2, -0.15) is 0 Å². The molecule has 6 heteroatoms. The first-order chi connectivity index (χ1) is 11.5. The van der Waals surface area contributed by atoms with Crippen LogP contribution < -0.4 is 5.56 Å². The number of carboxylic acids is 1. The van der Waals surface area contributed by atoms with Gasteiger partial charge in [-0.1, -0.05) is 59.6 Å². The van der Waals surface area contributed by atoms with Crippen LogP contribution in [0.15, 0.2) is 59.4 Å². The molecule has 0 atom stereocenters. The molecule has 0 radical (unpaired) electrons. The van der Waals surface area contributed by atoms with E-state index in [9.17, 15) is 14.7 Å². The van der Waals surface area contributed by atoms with Crippen molar-refractivity contribution in [3.05, 3.63) is 80.6 Å². The van der Waals surface area contributed by atoms with Crippen molar-refractivity contribution in [3.63, 3.8) is 0 Å². The van der Waals surface area contributed by atoms with Gasteiger partial charge in [0.2, 0.25) is 0 Å². The second kappa shape index (κ2) is 6.51. The number of benzene rings is 2. The van der Waals surface area contributed by atoms with Crippen molar-refractivity contribution in [1.29, 1.82) is 0 Å². The molecule has 3 aromatic rings. The van der Waals surface area contributed by atoms with Crippen molar-refractivity contribution in [1.82, 2.24) is 4.98 Å². The molecule has 24 heavy (non-hydrogen) atoms. The lowest BCUT2D eigenvalue weighted by Crippen LogP contribution is -2.19. The van der Waals surface area contributed by atoms with Crippen molar-refractivity contribution in [2.75, 3.05) is 0 Å². The number of H-pyrrole nitrogens is 1. The fraction of sp³-hybridized carbons (Fsp3) is 0. The fourth-order valence-corrected chi connectivity index (χ4v) is 2.73. The van der Waals surface area contributed by atoms with Gasteiger partial charge in [-0.15, -0.1) is 0 Å². The Balaban J connectivity index is 2.27. The van der Waals surface area contributed by atoms with Crippen LogP contribution in [0.3, 0.4) is 0 Å². The van der Waals surface area contributed by atoms with Gasteiger partial charge >= 0.3 is 5.97 Å². The number of carbonyl (C=O) groups is 1. The highest BCUT2D eigenvalue weighted by Crippen LogP contribution is 2.30. The SMILES string of the molecule is O=C(O)c1c(-c2ccccc2)cc(-c2ccc(Cl)c(Cl)c2)[nH]c1=O. The van der Waals surface area contributed by atoms with Crippen LogP contribution in [-0.2, 0) is 0 Å². The molecule has 2 aromatic carbocycles. The Morgan fingerprint density at radius 3 is 2.25 bits per heavy atom. The van der Waals surface area contributed by atoms with Crippen LogP contribution >= 0.6 is 23.2 Å². The van der Waals surface area contributed by atoms with Crippen molar-refractivity contribution in [2.24, 2.45) is 0 Å². The van der Waals surface area contributed by atoms with Gasteiger partial charge in [0.25, 0.3) is 5.56 Å². The summed E-state index contributed by atoms with van der Waals surface area (Å²) in [5.74, 6) is -1.28. The molecule has 1 aromatic heterocycles. The summed E-state index contributed by atoms with van der Waals surface area (Å²) < 4.78 is 0. The molecule has 1 heterocycles. The Morgan fingerprint density at radius 2 is 1.62 bits per heavy atom. The minimum atomic E-state index is -1.28. The summed E-state index contributed by atoms with van der Waals surface area (Å²) in [6, 6.07) is 15.4. The first-order valence-electron chi connectivity index (χ1n) is 6.99. The Morgan fingerprint density at radius 1 is 0.917 bits per heavy atom. The summed E-state index contributed by atoms with van der Waals surface area (Å²) in [5.41, 5.74) is 1.10. The first-order valence-corrected chi connectivity index (χ1v) is 7.74. The number of carboxylic acid groups (broad SMARTS) is 1. The molecular formula is C18H11Cl2NO3. The maximum atomic E-state index is 12.3. The zero-order chi connectivity index (χ0) is 17.3. The second-order valence-corrected chi connectivity index (χ2v) is 5.92. The smallest absolute Gasteiger partial charge is 0.341 e. The van der Waals surface area contributed by atoms with Gasteiger partial charge in [0.1, 0.15) is 5.56 Å². The van der Waals surface area contributed by atoms with Gasteiger partial charge < -0.3 is 10.1 Å². The number of halogens is 2. The molecule has 0 aliphatic carbocycles. The lowest BCUT2D eigenvalue weighted by atomic mass is 9.98. The molecule has 0 aliphatic rings. The number of hydrogen-bond acceptors (Lipinski definition) is 2. The van der Waals surface area contributed by atoms with Gasteiger partial charge in [0.05, 0.1) is 10.0 Å².